The van der Waals surface area contributed by atoms with Crippen LogP contribution < -0.4 is 9.47 Å². The monoisotopic (exact) mass is 1000 g/mol. The van der Waals surface area contributed by atoms with E-state index in [1.165, 1.54) is 0 Å². The summed E-state index contributed by atoms with van der Waals surface area (Å²) < 4.78 is 27.4. The zero-order valence-electron chi connectivity index (χ0n) is 17.4. The topological polar surface area (TPSA) is 54.0 Å². The molecule has 13 heteroatoms. The summed E-state index contributed by atoms with van der Waals surface area (Å²) in [7, 11) is 3.22. The fourth-order valence-electron chi connectivity index (χ4n) is 4.60. The Morgan fingerprint density at radius 1 is 1.00 bits per heavy atom. The van der Waals surface area contributed by atoms with E-state index >= 15 is 0 Å². The number of halogens is 8. The fraction of sp³-hybridized carbons (Fsp3) is 0.227. The van der Waals surface area contributed by atoms with Gasteiger partial charge in [-0.15, -0.1) is 0 Å². The van der Waals surface area contributed by atoms with Gasteiger partial charge < -0.3 is 18.9 Å². The highest BCUT2D eigenvalue weighted by atomic mass is 127. The van der Waals surface area contributed by atoms with Crippen molar-refractivity contribution in [2.45, 2.75) is 11.7 Å². The molecule has 35 heavy (non-hydrogen) atoms. The van der Waals surface area contributed by atoms with Crippen molar-refractivity contribution in [3.05, 3.63) is 69.0 Å². The number of carbonyl (C=O) groups excluding carboxylic acids is 1. The van der Waals surface area contributed by atoms with Gasteiger partial charge in [-0.3, -0.25) is 0 Å². The molecule has 184 valence electrons. The van der Waals surface area contributed by atoms with Crippen molar-refractivity contribution in [3.8, 4) is 11.5 Å². The van der Waals surface area contributed by atoms with E-state index in [0.29, 0.717) is 32.0 Å². The van der Waals surface area contributed by atoms with Crippen LogP contribution in [0, 0.1) is 13.1 Å². The molecule has 5 nitrogen and oxygen atoms in total. The average molecular weight is 1000 g/mol. The number of rotatable bonds is 2. The van der Waals surface area contributed by atoms with Crippen LogP contribution >= 0.6 is 137 Å². The number of fused-ring (bicyclic) bond motifs is 6. The Morgan fingerprint density at radius 3 is 2.29 bits per heavy atom. The van der Waals surface area contributed by atoms with Gasteiger partial charge in [-0.25, -0.2) is 4.79 Å². The Kier molecular flexibility index (Phi) is 7.80. The molecule has 0 N–H and O–H groups in total. The van der Waals surface area contributed by atoms with E-state index < -0.39 is 17.5 Å². The van der Waals surface area contributed by atoms with Crippen LogP contribution in [0.25, 0.3) is 0 Å². The number of esters is 1. The summed E-state index contributed by atoms with van der Waals surface area (Å²) in [5, 5.41) is 0.136. The maximum absolute atomic E-state index is 13.4. The number of benzene rings is 2. The quantitative estimate of drug-likeness (QED) is 0.130. The van der Waals surface area contributed by atoms with Crippen LogP contribution in [0.4, 0.5) is 0 Å². The summed E-state index contributed by atoms with van der Waals surface area (Å²) in [5.41, 5.74) is -0.369. The molecule has 0 bridgehead atoms. The van der Waals surface area contributed by atoms with E-state index in [9.17, 15) is 4.79 Å². The van der Waals surface area contributed by atoms with Crippen LogP contribution in [0.15, 0.2) is 25.1 Å². The van der Waals surface area contributed by atoms with E-state index in [0.717, 1.165) is 10.7 Å². The van der Waals surface area contributed by atoms with Crippen LogP contribution in [0.3, 0.4) is 0 Å². The fourth-order valence-corrected chi connectivity index (χ4v) is 10.5. The van der Waals surface area contributed by atoms with Gasteiger partial charge in [0.25, 0.3) is 0 Å². The standard InChI is InChI=1S/C22H10Cl4I4O5/c1-32-19-7(27)3-5-17(15(19)29)34-18-6(4-8(28)20(33-2)16(18)30)22(5)10-9(21(31)35-22)11(23)13(25)14(26)12(10)24/h3-5,19H,1-2H3. The average Bonchev–Trinajstić information content (AvgIpc) is 3.12. The summed E-state index contributed by atoms with van der Waals surface area (Å²) in [5.74, 6) is 0.482. The van der Waals surface area contributed by atoms with Crippen molar-refractivity contribution >= 4 is 143 Å². The number of ether oxygens (including phenoxy) is 4. The number of hydrogen-bond donors (Lipinski definition) is 0. The second-order valence-electron chi connectivity index (χ2n) is 7.67. The molecule has 2 aromatic carbocycles. The molecule has 1 aliphatic carbocycles. The third-order valence-corrected chi connectivity index (χ3v) is 11.6. The Balaban J connectivity index is 1.98. The summed E-state index contributed by atoms with van der Waals surface area (Å²) in [6.07, 6.45) is 1.64. The van der Waals surface area contributed by atoms with Gasteiger partial charge >= 0.3 is 5.97 Å². The smallest absolute Gasteiger partial charge is 0.341 e. The van der Waals surface area contributed by atoms with E-state index in [1.807, 2.05) is 12.1 Å². The van der Waals surface area contributed by atoms with E-state index in [4.69, 9.17) is 65.4 Å². The molecular weight excluding hydrogens is 994 g/mol. The first-order valence-electron chi connectivity index (χ1n) is 9.64. The lowest BCUT2D eigenvalue weighted by Gasteiger charge is -2.45. The first kappa shape index (κ1) is 27.6. The lowest BCUT2D eigenvalue weighted by Crippen LogP contribution is -2.44. The SMILES string of the molecule is COc1c(I)cc2c(c1I)OC1=C(I)C(OC)C(I)=CC1C21OC(=O)c2c(Cl)c(Cl)c(Cl)c(Cl)c21. The molecule has 0 radical (unpaired) electrons. The zero-order chi connectivity index (χ0) is 25.6. The lowest BCUT2D eigenvalue weighted by molar-refractivity contribution is -0.0161. The molecule has 0 aromatic heterocycles. The highest BCUT2D eigenvalue weighted by molar-refractivity contribution is 14.1. The largest absolute Gasteiger partial charge is 0.494 e. The van der Waals surface area contributed by atoms with Gasteiger partial charge in [-0.2, -0.15) is 0 Å². The molecule has 3 atom stereocenters. The minimum Gasteiger partial charge on any atom is -0.494 e. The van der Waals surface area contributed by atoms with Crippen LogP contribution in [-0.4, -0.2) is 26.3 Å². The van der Waals surface area contributed by atoms with Gasteiger partial charge in [0, 0.05) is 21.8 Å². The van der Waals surface area contributed by atoms with Crippen LogP contribution in [0.2, 0.25) is 20.1 Å². The van der Waals surface area contributed by atoms with Crippen molar-refractivity contribution in [2.75, 3.05) is 14.2 Å². The van der Waals surface area contributed by atoms with Crippen molar-refractivity contribution < 1.29 is 23.7 Å². The van der Waals surface area contributed by atoms with Gasteiger partial charge in [0.1, 0.15) is 17.6 Å². The molecule has 3 unspecified atom stereocenters. The molecule has 1 spiro atoms. The summed E-state index contributed by atoms with van der Waals surface area (Å²) >= 11 is 35.0. The Labute approximate surface area is 275 Å². The van der Waals surface area contributed by atoms with E-state index in [1.54, 1.807) is 14.2 Å². The van der Waals surface area contributed by atoms with Crippen molar-refractivity contribution in [2.24, 2.45) is 5.92 Å². The number of hydrogen-bond acceptors (Lipinski definition) is 5. The lowest BCUT2D eigenvalue weighted by atomic mass is 9.71. The molecule has 5 rings (SSSR count). The normalized spacial score (nSPS) is 24.5. The van der Waals surface area contributed by atoms with E-state index in [-0.39, 0.29) is 31.8 Å². The Bertz CT molecular complexity index is 1410. The minimum absolute atomic E-state index is 0.00387. The molecule has 0 saturated carbocycles. The molecular formula is C22H10Cl4I4O5. The maximum atomic E-state index is 13.4. The predicted octanol–water partition coefficient (Wildman–Crippen LogP) is 8.93. The van der Waals surface area contributed by atoms with E-state index in [2.05, 4.69) is 90.4 Å². The molecule has 0 saturated heterocycles. The number of carbonyl (C=O) groups is 1. The van der Waals surface area contributed by atoms with Gasteiger partial charge in [-0.05, 0) is 96.4 Å². The zero-order valence-corrected chi connectivity index (χ0v) is 29.0. The summed E-state index contributed by atoms with van der Waals surface area (Å²) in [4.78, 5) is 13.4. The van der Waals surface area contributed by atoms with Crippen LogP contribution in [-0.2, 0) is 15.1 Å². The van der Waals surface area contributed by atoms with Crippen LogP contribution in [0.5, 0.6) is 11.5 Å². The Hall–Kier alpha value is 1.03. The summed E-state index contributed by atoms with van der Waals surface area (Å²) in [6, 6.07) is 1.87. The van der Waals surface area contributed by atoms with Gasteiger partial charge in [0.15, 0.2) is 11.4 Å². The minimum atomic E-state index is -1.41. The molecule has 2 aliphatic heterocycles. The first-order chi connectivity index (χ1) is 16.5. The Morgan fingerprint density at radius 2 is 1.66 bits per heavy atom. The van der Waals surface area contributed by atoms with Crippen molar-refractivity contribution in [3.63, 3.8) is 0 Å². The first-order valence-corrected chi connectivity index (χ1v) is 15.5. The van der Waals surface area contributed by atoms with Gasteiger partial charge in [0.05, 0.1) is 49.4 Å². The second kappa shape index (κ2) is 9.89. The molecule has 2 aromatic rings. The van der Waals surface area contributed by atoms with Crippen molar-refractivity contribution in [1.82, 2.24) is 0 Å². The van der Waals surface area contributed by atoms with Gasteiger partial charge in [0.2, 0.25) is 0 Å². The molecule has 3 aliphatic rings. The molecule has 2 heterocycles. The van der Waals surface area contributed by atoms with Crippen molar-refractivity contribution in [1.29, 1.82) is 0 Å². The summed E-state index contributed by atoms with van der Waals surface area (Å²) in [6.45, 7) is 0. The number of methoxy groups -OCH3 is 2. The molecule has 0 fully saturated rings. The second-order valence-corrected chi connectivity index (χ2v) is 13.8. The third kappa shape index (κ3) is 3.82. The predicted molar refractivity (Wildman–Crippen MR) is 169 cm³/mol. The third-order valence-electron chi connectivity index (χ3n) is 6.04. The maximum Gasteiger partial charge on any atom is 0.341 e. The van der Waals surface area contributed by atoms with Gasteiger partial charge in [-0.1, -0.05) is 52.5 Å². The molecule has 0 amide bonds. The highest BCUT2D eigenvalue weighted by Gasteiger charge is 2.61. The highest BCUT2D eigenvalue weighted by Crippen LogP contribution is 2.63. The van der Waals surface area contributed by atoms with Crippen LogP contribution in [0.1, 0.15) is 21.5 Å².